The van der Waals surface area contributed by atoms with Crippen LogP contribution in [0.15, 0.2) is 24.3 Å². The number of carbonyl (C=O) groups is 1. The molecule has 0 unspecified atom stereocenters. The summed E-state index contributed by atoms with van der Waals surface area (Å²) >= 11 is 5.48. The third-order valence-corrected chi connectivity index (χ3v) is 5.04. The van der Waals surface area contributed by atoms with Crippen LogP contribution >= 0.6 is 12.2 Å². The summed E-state index contributed by atoms with van der Waals surface area (Å²) in [4.78, 5) is 13.3. The van der Waals surface area contributed by atoms with Gasteiger partial charge in [-0.15, -0.1) is 0 Å². The van der Waals surface area contributed by atoms with Crippen LogP contribution in [0.3, 0.4) is 0 Å². The summed E-state index contributed by atoms with van der Waals surface area (Å²) < 4.78 is 5.22. The molecule has 1 amide bonds. The van der Waals surface area contributed by atoms with Gasteiger partial charge in [0.25, 0.3) is 5.91 Å². The van der Waals surface area contributed by atoms with Crippen molar-refractivity contribution in [3.05, 3.63) is 29.8 Å². The van der Waals surface area contributed by atoms with Crippen LogP contribution in [-0.2, 0) is 10.2 Å². The number of benzene rings is 1. The zero-order valence-corrected chi connectivity index (χ0v) is 15.4. The van der Waals surface area contributed by atoms with Gasteiger partial charge in [0.15, 0.2) is 5.11 Å². The maximum absolute atomic E-state index is 13.3. The molecule has 2 fully saturated rings. The summed E-state index contributed by atoms with van der Waals surface area (Å²) in [7, 11) is 1.65. The van der Waals surface area contributed by atoms with E-state index < -0.39 is 0 Å². The first-order valence-electron chi connectivity index (χ1n) is 8.52. The second-order valence-corrected chi connectivity index (χ2v) is 7.21. The van der Waals surface area contributed by atoms with Crippen molar-refractivity contribution in [3.8, 4) is 5.75 Å². The third kappa shape index (κ3) is 3.07. The lowest BCUT2D eigenvalue weighted by molar-refractivity contribution is -0.141. The van der Waals surface area contributed by atoms with Crippen LogP contribution in [0, 0.1) is 0 Å². The molecule has 1 N–H and O–H groups in total. The fourth-order valence-corrected chi connectivity index (χ4v) is 3.69. The molecule has 1 aliphatic heterocycles. The summed E-state index contributed by atoms with van der Waals surface area (Å²) in [6.07, 6.45) is 2.74. The summed E-state index contributed by atoms with van der Waals surface area (Å²) in [5, 5.41) is 7.66. The van der Waals surface area contributed by atoms with Crippen LogP contribution < -0.4 is 10.1 Å². The number of thiocarbonyl (C=S) groups is 1. The van der Waals surface area contributed by atoms with Crippen molar-refractivity contribution in [3.63, 3.8) is 0 Å². The van der Waals surface area contributed by atoms with Crippen molar-refractivity contribution < 1.29 is 9.53 Å². The smallest absolute Gasteiger partial charge is 0.251 e. The first kappa shape index (κ1) is 17.0. The van der Waals surface area contributed by atoms with E-state index in [1.54, 1.807) is 7.11 Å². The zero-order chi connectivity index (χ0) is 17.3. The predicted octanol–water partition coefficient (Wildman–Crippen LogP) is 2.46. The highest BCUT2D eigenvalue weighted by Gasteiger charge is 2.54. The van der Waals surface area contributed by atoms with Crippen LogP contribution in [0.25, 0.3) is 0 Å². The highest BCUT2D eigenvalue weighted by Crippen LogP contribution is 2.50. The Morgan fingerprint density at radius 1 is 1.21 bits per heavy atom. The van der Waals surface area contributed by atoms with Crippen LogP contribution in [0.2, 0.25) is 0 Å². The van der Waals surface area contributed by atoms with Crippen LogP contribution in [0.4, 0.5) is 0 Å². The minimum absolute atomic E-state index is 0.165. The van der Waals surface area contributed by atoms with Crippen molar-refractivity contribution in [2.24, 2.45) is 0 Å². The van der Waals surface area contributed by atoms with E-state index in [1.165, 1.54) is 0 Å². The third-order valence-electron chi connectivity index (χ3n) is 4.71. The molecule has 1 heterocycles. The first-order valence-corrected chi connectivity index (χ1v) is 8.93. The van der Waals surface area contributed by atoms with Gasteiger partial charge >= 0.3 is 0 Å². The molecule has 0 aromatic heterocycles. The van der Waals surface area contributed by atoms with Crippen molar-refractivity contribution >= 4 is 23.2 Å². The normalized spacial score (nSPS) is 18.7. The van der Waals surface area contributed by atoms with E-state index in [4.69, 9.17) is 17.0 Å². The molecular formula is C18H25N3O2S. The number of methoxy groups -OCH3 is 1. The van der Waals surface area contributed by atoms with Crippen LogP contribution in [0.5, 0.6) is 5.75 Å². The largest absolute Gasteiger partial charge is 0.497 e. The van der Waals surface area contributed by atoms with Crippen molar-refractivity contribution in [1.82, 2.24) is 15.3 Å². The Labute approximate surface area is 148 Å². The molecule has 0 atom stereocenters. The molecule has 1 aromatic rings. The second kappa shape index (κ2) is 6.59. The topological polar surface area (TPSA) is 44.8 Å². The first-order chi connectivity index (χ1) is 11.5. The monoisotopic (exact) mass is 347 g/mol. The van der Waals surface area contributed by atoms with Crippen LogP contribution in [-0.4, -0.2) is 47.3 Å². The standard InChI is InChI=1S/C18H25N3O2S/c1-13(2)19-17(24)21-12-4-11-20(21)16(22)18(9-10-18)14-5-7-15(23-3)8-6-14/h5-8,13H,4,9-12H2,1-3H3,(H,19,24). The fourth-order valence-electron chi connectivity index (χ4n) is 3.26. The van der Waals surface area contributed by atoms with E-state index >= 15 is 0 Å². The van der Waals surface area contributed by atoms with Crippen molar-refractivity contribution in [2.45, 2.75) is 44.6 Å². The molecule has 2 aliphatic rings. The molecule has 0 radical (unpaired) electrons. The maximum atomic E-state index is 13.3. The van der Waals surface area contributed by atoms with Gasteiger partial charge < -0.3 is 10.1 Å². The number of carbonyl (C=O) groups excluding carboxylic acids is 1. The number of amides is 1. The number of hydrogen-bond donors (Lipinski definition) is 1. The number of ether oxygens (including phenoxy) is 1. The van der Waals surface area contributed by atoms with E-state index in [0.717, 1.165) is 43.7 Å². The van der Waals surface area contributed by atoms with Gasteiger partial charge in [-0.05, 0) is 63.0 Å². The average Bonchev–Trinajstić information content (AvgIpc) is 3.23. The molecule has 1 saturated heterocycles. The Morgan fingerprint density at radius 2 is 1.83 bits per heavy atom. The van der Waals surface area contributed by atoms with Crippen molar-refractivity contribution in [1.29, 1.82) is 0 Å². The van der Waals surface area contributed by atoms with Gasteiger partial charge in [-0.2, -0.15) is 0 Å². The van der Waals surface area contributed by atoms with Gasteiger partial charge in [-0.3, -0.25) is 14.8 Å². The Bertz CT molecular complexity index is 626. The summed E-state index contributed by atoms with van der Waals surface area (Å²) in [6.45, 7) is 5.63. The van der Waals surface area contributed by atoms with Gasteiger partial charge in [0.2, 0.25) is 0 Å². The minimum atomic E-state index is -0.387. The number of rotatable bonds is 4. The lowest BCUT2D eigenvalue weighted by Gasteiger charge is -2.33. The second-order valence-electron chi connectivity index (χ2n) is 6.82. The molecule has 6 heteroatoms. The lowest BCUT2D eigenvalue weighted by Crippen LogP contribution is -2.53. The molecule has 3 rings (SSSR count). The summed E-state index contributed by atoms with van der Waals surface area (Å²) in [6, 6.07) is 8.13. The van der Waals surface area contributed by atoms with Gasteiger partial charge in [0.05, 0.1) is 12.5 Å². The molecule has 5 nitrogen and oxygen atoms in total. The number of nitrogens with one attached hydrogen (secondary N) is 1. The van der Waals surface area contributed by atoms with Crippen LogP contribution in [0.1, 0.15) is 38.7 Å². The number of nitrogens with zero attached hydrogens (tertiary/aromatic N) is 2. The zero-order valence-electron chi connectivity index (χ0n) is 14.5. The molecular weight excluding hydrogens is 322 g/mol. The molecule has 24 heavy (non-hydrogen) atoms. The lowest BCUT2D eigenvalue weighted by atomic mass is 9.94. The van der Waals surface area contributed by atoms with Crippen molar-refractivity contribution in [2.75, 3.05) is 20.2 Å². The van der Waals surface area contributed by atoms with E-state index in [1.807, 2.05) is 48.1 Å². The Kier molecular flexibility index (Phi) is 4.67. The van der Waals surface area contributed by atoms with Gasteiger partial charge in [0.1, 0.15) is 5.75 Å². The highest BCUT2D eigenvalue weighted by atomic mass is 32.1. The van der Waals surface area contributed by atoms with Gasteiger partial charge in [-0.1, -0.05) is 12.1 Å². The summed E-state index contributed by atoms with van der Waals surface area (Å²) in [5.74, 6) is 0.977. The maximum Gasteiger partial charge on any atom is 0.251 e. The predicted molar refractivity (Wildman–Crippen MR) is 97.8 cm³/mol. The Morgan fingerprint density at radius 3 is 2.38 bits per heavy atom. The summed E-state index contributed by atoms with van der Waals surface area (Å²) in [5.41, 5.74) is 0.686. The van der Waals surface area contributed by atoms with E-state index in [-0.39, 0.29) is 17.4 Å². The Hall–Kier alpha value is -1.82. The fraction of sp³-hybridized carbons (Fsp3) is 0.556. The number of hydrazine groups is 1. The highest BCUT2D eigenvalue weighted by molar-refractivity contribution is 7.80. The molecule has 0 spiro atoms. The molecule has 0 bridgehead atoms. The minimum Gasteiger partial charge on any atom is -0.497 e. The molecule has 1 aliphatic carbocycles. The average molecular weight is 347 g/mol. The molecule has 1 saturated carbocycles. The van der Waals surface area contributed by atoms with Gasteiger partial charge in [-0.25, -0.2) is 0 Å². The molecule has 130 valence electrons. The van der Waals surface area contributed by atoms with E-state index in [0.29, 0.717) is 5.11 Å². The van der Waals surface area contributed by atoms with E-state index in [2.05, 4.69) is 5.32 Å². The van der Waals surface area contributed by atoms with Gasteiger partial charge in [0, 0.05) is 19.1 Å². The quantitative estimate of drug-likeness (QED) is 0.848. The SMILES string of the molecule is COc1ccc(C2(C(=O)N3CCCN3C(=S)NC(C)C)CC2)cc1. The molecule has 1 aromatic carbocycles. The number of hydrogen-bond acceptors (Lipinski definition) is 3. The Balaban J connectivity index is 1.78. The van der Waals surface area contributed by atoms with E-state index in [9.17, 15) is 4.79 Å².